The van der Waals surface area contributed by atoms with Gasteiger partial charge in [0.2, 0.25) is 17.8 Å². The van der Waals surface area contributed by atoms with E-state index < -0.39 is 17.6 Å². The van der Waals surface area contributed by atoms with Crippen molar-refractivity contribution in [1.82, 2.24) is 40.4 Å². The van der Waals surface area contributed by atoms with Gasteiger partial charge in [0, 0.05) is 80.6 Å². The smallest absolute Gasteiger partial charge is 0.265 e. The molecule has 346 valence electrons. The molecular weight excluding hydrogens is 882 g/mol. The molecule has 1 atom stereocenters. The molecule has 3 saturated heterocycles. The lowest BCUT2D eigenvalue weighted by atomic mass is 9.92. The van der Waals surface area contributed by atoms with E-state index in [4.69, 9.17) is 11.6 Å². The van der Waals surface area contributed by atoms with E-state index in [1.54, 1.807) is 84.5 Å². The number of benzene rings is 4. The van der Waals surface area contributed by atoms with Crippen LogP contribution in [0.25, 0.3) is 10.9 Å². The first kappa shape index (κ1) is 45.1. The van der Waals surface area contributed by atoms with E-state index >= 15 is 4.39 Å². The number of para-hydroxylation sites is 1. The first-order chi connectivity index (χ1) is 32.4. The Bertz CT molecular complexity index is 2810. The Hall–Kier alpha value is -7.02. The maximum Gasteiger partial charge on any atom is 0.265 e. The van der Waals surface area contributed by atoms with Gasteiger partial charge < -0.3 is 20.9 Å². The van der Waals surface area contributed by atoms with Crippen molar-refractivity contribution in [2.75, 3.05) is 66.7 Å². The Balaban J connectivity index is 0.699. The van der Waals surface area contributed by atoms with E-state index in [1.165, 1.54) is 6.07 Å². The highest BCUT2D eigenvalue weighted by molar-refractivity contribution is 6.33. The number of fused-ring (bicyclic) bond motifs is 1. The molecule has 4 amide bonds. The first-order valence-corrected chi connectivity index (χ1v) is 22.7. The van der Waals surface area contributed by atoms with Gasteiger partial charge in [-0.2, -0.15) is 10.1 Å². The second-order valence-corrected chi connectivity index (χ2v) is 17.5. The molecule has 3 aliphatic rings. The van der Waals surface area contributed by atoms with Crippen LogP contribution in [0.15, 0.2) is 91.1 Å². The second kappa shape index (κ2) is 19.8. The number of carbonyl (C=O) groups excluding carboxylic acids is 4. The Morgan fingerprint density at radius 2 is 1.51 bits per heavy atom. The number of hydrazine groups is 1. The SMILES string of the molecule is Cn1nc(C2CCC(=O)NC2=O)c2cc(F)c(N3CCN(CCC4CCN(NC(=O)c5ccc(Nc6ncc(F)c(Nc7ccc(C(=O)Nc8ccccc8Cl)cc7)n6)cc5)CC4)CC3)cc21. The predicted molar refractivity (Wildman–Crippen MR) is 252 cm³/mol. The van der Waals surface area contributed by atoms with E-state index in [1.807, 2.05) is 11.1 Å². The number of nitrogens with zero attached hydrogens (tertiary/aromatic N) is 7. The summed E-state index contributed by atoms with van der Waals surface area (Å²) in [6, 6.07) is 23.5. The lowest BCUT2D eigenvalue weighted by molar-refractivity contribution is -0.134. The molecule has 16 nitrogen and oxygen atoms in total. The van der Waals surface area contributed by atoms with Crippen LogP contribution in [0.4, 0.5) is 43.3 Å². The number of halogens is 3. The fourth-order valence-corrected chi connectivity index (χ4v) is 9.00. The third-order valence-corrected chi connectivity index (χ3v) is 13.0. The molecule has 2 aromatic heterocycles. The van der Waals surface area contributed by atoms with Gasteiger partial charge in [-0.1, -0.05) is 23.7 Å². The minimum atomic E-state index is -0.668. The standard InChI is InChI=1S/C48H49ClF2N12O4/c1-60-40-27-41(37(50)26-35(40)43(58-60)34-14-15-42(64)56-47(34)67)62-24-22-61(23-25-62)19-16-29-17-20-63(21-18-29)59-46(66)31-8-12-33(13-9-31)54-48-52-28-38(51)44(57-48)53-32-10-6-30(7-11-32)45(65)55-39-5-3-2-4-36(39)49/h2-13,26-29,34H,14-25H2,1H3,(H,55,65)(H,59,66)(H,56,64,67)(H2,52,53,54,57). The average Bonchev–Trinajstić information content (AvgIpc) is 3.64. The number of rotatable bonds is 13. The van der Waals surface area contributed by atoms with Crippen LogP contribution in [0.2, 0.25) is 5.02 Å². The van der Waals surface area contributed by atoms with E-state index in [0.29, 0.717) is 75.4 Å². The predicted octanol–water partition coefficient (Wildman–Crippen LogP) is 7.12. The summed E-state index contributed by atoms with van der Waals surface area (Å²) in [5.41, 5.74) is 7.28. The van der Waals surface area contributed by atoms with Crippen LogP contribution in [0.1, 0.15) is 64.4 Å². The molecule has 5 heterocycles. The van der Waals surface area contributed by atoms with Crippen molar-refractivity contribution in [3.63, 3.8) is 0 Å². The molecule has 1 unspecified atom stereocenters. The molecule has 0 bridgehead atoms. The lowest BCUT2D eigenvalue weighted by Crippen LogP contribution is -2.48. The van der Waals surface area contributed by atoms with E-state index in [9.17, 15) is 23.6 Å². The van der Waals surface area contributed by atoms with Gasteiger partial charge in [-0.25, -0.2) is 18.8 Å². The second-order valence-electron chi connectivity index (χ2n) is 17.1. The summed E-state index contributed by atoms with van der Waals surface area (Å²) in [7, 11) is 1.79. The fourth-order valence-electron chi connectivity index (χ4n) is 8.81. The number of nitrogens with one attached hydrogen (secondary N) is 5. The minimum Gasteiger partial charge on any atom is -0.367 e. The Morgan fingerprint density at radius 1 is 0.821 bits per heavy atom. The topological polar surface area (TPSA) is 182 Å². The van der Waals surface area contributed by atoms with Gasteiger partial charge in [0.1, 0.15) is 5.82 Å². The minimum absolute atomic E-state index is 0.0658. The highest BCUT2D eigenvalue weighted by atomic mass is 35.5. The molecule has 4 aromatic carbocycles. The third kappa shape index (κ3) is 10.5. The summed E-state index contributed by atoms with van der Waals surface area (Å²) in [6.07, 6.45) is 4.60. The van der Waals surface area contributed by atoms with Gasteiger partial charge in [0.25, 0.3) is 11.8 Å². The molecule has 67 heavy (non-hydrogen) atoms. The van der Waals surface area contributed by atoms with Gasteiger partial charge in [0.05, 0.1) is 39.7 Å². The number of aromatic nitrogens is 4. The number of piperazine rings is 1. The number of amides is 4. The largest absolute Gasteiger partial charge is 0.367 e. The fraction of sp³-hybridized carbons (Fsp3) is 0.312. The quantitative estimate of drug-likeness (QED) is 0.0741. The number of anilines is 6. The van der Waals surface area contributed by atoms with Gasteiger partial charge in [-0.15, -0.1) is 0 Å². The highest BCUT2D eigenvalue weighted by Gasteiger charge is 2.33. The summed E-state index contributed by atoms with van der Waals surface area (Å²) in [5, 5.41) is 18.7. The van der Waals surface area contributed by atoms with Crippen molar-refractivity contribution >= 4 is 80.6 Å². The summed E-state index contributed by atoms with van der Waals surface area (Å²) in [5.74, 6) is -2.25. The molecule has 0 aliphatic carbocycles. The zero-order valence-electron chi connectivity index (χ0n) is 36.7. The summed E-state index contributed by atoms with van der Waals surface area (Å²) in [4.78, 5) is 63.0. The zero-order chi connectivity index (χ0) is 46.6. The van der Waals surface area contributed by atoms with Gasteiger partial charge >= 0.3 is 0 Å². The molecule has 6 aromatic rings. The molecular formula is C48H49ClF2N12O4. The molecule has 3 fully saturated rings. The number of imide groups is 1. The first-order valence-electron chi connectivity index (χ1n) is 22.3. The molecule has 0 saturated carbocycles. The summed E-state index contributed by atoms with van der Waals surface area (Å²) >= 11 is 6.16. The number of aryl methyl sites for hydroxylation is 1. The van der Waals surface area contributed by atoms with Crippen LogP contribution in [0, 0.1) is 17.6 Å². The van der Waals surface area contributed by atoms with E-state index in [0.717, 1.165) is 63.7 Å². The monoisotopic (exact) mass is 930 g/mol. The van der Waals surface area contributed by atoms with Crippen molar-refractivity contribution in [2.24, 2.45) is 13.0 Å². The number of piperidine rings is 2. The van der Waals surface area contributed by atoms with Crippen LogP contribution < -0.4 is 31.6 Å². The third-order valence-electron chi connectivity index (χ3n) is 12.6. The van der Waals surface area contributed by atoms with Gasteiger partial charge in [-0.3, -0.25) is 39.5 Å². The number of hydrogen-bond acceptors (Lipinski definition) is 12. The van der Waals surface area contributed by atoms with Crippen LogP contribution in [-0.4, -0.2) is 99.1 Å². The Labute approximate surface area is 390 Å². The maximum atomic E-state index is 15.6. The van der Waals surface area contributed by atoms with Crippen molar-refractivity contribution in [2.45, 2.75) is 38.0 Å². The molecule has 19 heteroatoms. The number of hydrogen-bond donors (Lipinski definition) is 5. The lowest BCUT2D eigenvalue weighted by Gasteiger charge is -2.37. The average molecular weight is 931 g/mol. The highest BCUT2D eigenvalue weighted by Crippen LogP contribution is 2.34. The van der Waals surface area contributed by atoms with E-state index in [2.05, 4.69) is 51.6 Å². The summed E-state index contributed by atoms with van der Waals surface area (Å²) < 4.78 is 32.1. The van der Waals surface area contributed by atoms with Crippen molar-refractivity contribution in [3.8, 4) is 0 Å². The van der Waals surface area contributed by atoms with Crippen molar-refractivity contribution in [1.29, 1.82) is 0 Å². The molecule has 9 rings (SSSR count). The molecule has 3 aliphatic heterocycles. The van der Waals surface area contributed by atoms with Crippen LogP contribution in [-0.2, 0) is 16.6 Å². The maximum absolute atomic E-state index is 15.6. The molecule has 5 N–H and O–H groups in total. The molecule has 0 radical (unpaired) electrons. The van der Waals surface area contributed by atoms with Crippen LogP contribution >= 0.6 is 11.6 Å². The van der Waals surface area contributed by atoms with E-state index in [-0.39, 0.29) is 41.7 Å². The summed E-state index contributed by atoms with van der Waals surface area (Å²) in [6.45, 7) is 5.44. The normalized spacial score (nSPS) is 17.3. The van der Waals surface area contributed by atoms with Crippen molar-refractivity contribution in [3.05, 3.63) is 125 Å². The Kier molecular flexibility index (Phi) is 13.4. The van der Waals surface area contributed by atoms with Gasteiger partial charge in [0.15, 0.2) is 11.6 Å². The van der Waals surface area contributed by atoms with Gasteiger partial charge in [-0.05, 0) is 111 Å². The van der Waals surface area contributed by atoms with Crippen molar-refractivity contribution < 1.29 is 28.0 Å². The van der Waals surface area contributed by atoms with Crippen LogP contribution in [0.3, 0.4) is 0 Å². The Morgan fingerprint density at radius 3 is 2.21 bits per heavy atom. The number of carbonyl (C=O) groups is 4. The zero-order valence-corrected chi connectivity index (χ0v) is 37.5. The molecule has 0 spiro atoms. The van der Waals surface area contributed by atoms with Crippen LogP contribution in [0.5, 0.6) is 0 Å².